The monoisotopic (exact) mass is 256 g/mol. The number of rotatable bonds is 4. The number of likely N-dealkylation sites (N-methyl/N-ethyl adjacent to an activating group) is 1. The van der Waals surface area contributed by atoms with Crippen LogP contribution >= 0.6 is 11.6 Å². The van der Waals surface area contributed by atoms with E-state index in [1.54, 1.807) is 13.2 Å². The Hall–Kier alpha value is -1.07. The van der Waals surface area contributed by atoms with Crippen molar-refractivity contribution in [2.45, 2.75) is 18.9 Å². The van der Waals surface area contributed by atoms with Crippen LogP contribution in [0, 0.1) is 5.92 Å². The summed E-state index contributed by atoms with van der Waals surface area (Å²) in [6.07, 6.45) is 4.01. The van der Waals surface area contributed by atoms with Gasteiger partial charge in [0, 0.05) is 26.7 Å². The van der Waals surface area contributed by atoms with Gasteiger partial charge in [-0.05, 0) is 18.8 Å². The third kappa shape index (κ3) is 2.30. The highest BCUT2D eigenvalue weighted by Crippen LogP contribution is 2.36. The Labute approximate surface area is 105 Å². The van der Waals surface area contributed by atoms with Gasteiger partial charge in [0.25, 0.3) is 5.56 Å². The van der Waals surface area contributed by atoms with Gasteiger partial charge in [-0.25, -0.2) is 4.68 Å². The van der Waals surface area contributed by atoms with Gasteiger partial charge in [0.15, 0.2) is 0 Å². The summed E-state index contributed by atoms with van der Waals surface area (Å²) in [5.41, 5.74) is 6.17. The van der Waals surface area contributed by atoms with Gasteiger partial charge in [-0.2, -0.15) is 5.10 Å². The van der Waals surface area contributed by atoms with Crippen LogP contribution in [0.2, 0.25) is 5.02 Å². The molecule has 2 rings (SSSR count). The van der Waals surface area contributed by atoms with Gasteiger partial charge in [0.05, 0.1) is 11.9 Å². The minimum Gasteiger partial charge on any atom is -0.367 e. The number of hydrogen-bond donors (Lipinski definition) is 1. The second-order valence-corrected chi connectivity index (χ2v) is 4.90. The SMILES string of the molecule is CN(c1cnn(C)c(=O)c1Cl)C(CN)C1CC1. The molecule has 0 aromatic carbocycles. The molecule has 6 heteroatoms. The number of anilines is 1. The number of hydrogen-bond acceptors (Lipinski definition) is 4. The van der Waals surface area contributed by atoms with Crippen LogP contribution in [0.4, 0.5) is 5.69 Å². The molecular weight excluding hydrogens is 240 g/mol. The Kier molecular flexibility index (Phi) is 3.40. The highest BCUT2D eigenvalue weighted by molar-refractivity contribution is 6.33. The predicted octanol–water partition coefficient (Wildman–Crippen LogP) is 0.607. The van der Waals surface area contributed by atoms with Gasteiger partial charge in [-0.3, -0.25) is 4.79 Å². The zero-order chi connectivity index (χ0) is 12.6. The van der Waals surface area contributed by atoms with E-state index in [0.29, 0.717) is 18.2 Å². The molecule has 1 aromatic heterocycles. The molecule has 94 valence electrons. The molecule has 0 radical (unpaired) electrons. The Morgan fingerprint density at radius 2 is 2.35 bits per heavy atom. The molecule has 0 spiro atoms. The standard InChI is InChI=1S/C11H17ClN4O/c1-15(8(5-13)7-3-4-7)9-6-14-16(2)11(17)10(9)12/h6-8H,3-5,13H2,1-2H3. The first-order valence-electron chi connectivity index (χ1n) is 5.71. The fourth-order valence-corrected chi connectivity index (χ4v) is 2.38. The second-order valence-electron chi connectivity index (χ2n) is 4.52. The summed E-state index contributed by atoms with van der Waals surface area (Å²) in [6, 6.07) is 0.237. The predicted molar refractivity (Wildman–Crippen MR) is 68.5 cm³/mol. The first kappa shape index (κ1) is 12.4. The number of halogens is 1. The molecule has 0 aliphatic heterocycles. The fourth-order valence-electron chi connectivity index (χ4n) is 2.07. The Morgan fingerprint density at radius 1 is 1.71 bits per heavy atom. The lowest BCUT2D eigenvalue weighted by Crippen LogP contribution is -2.40. The topological polar surface area (TPSA) is 64.2 Å². The molecule has 5 nitrogen and oxygen atoms in total. The Morgan fingerprint density at radius 3 is 2.88 bits per heavy atom. The minimum atomic E-state index is -0.275. The molecule has 0 saturated heterocycles. The van der Waals surface area contributed by atoms with Crippen molar-refractivity contribution in [3.63, 3.8) is 0 Å². The minimum absolute atomic E-state index is 0.212. The van der Waals surface area contributed by atoms with E-state index in [4.69, 9.17) is 17.3 Å². The number of nitrogens with two attached hydrogens (primary N) is 1. The van der Waals surface area contributed by atoms with Crippen LogP contribution in [-0.4, -0.2) is 29.4 Å². The van der Waals surface area contributed by atoms with Crippen molar-refractivity contribution in [2.75, 3.05) is 18.5 Å². The summed E-state index contributed by atoms with van der Waals surface area (Å²) in [5.74, 6) is 0.616. The number of nitrogens with zero attached hydrogens (tertiary/aromatic N) is 3. The number of aryl methyl sites for hydroxylation is 1. The Balaban J connectivity index is 2.33. The van der Waals surface area contributed by atoms with Crippen molar-refractivity contribution in [2.24, 2.45) is 18.7 Å². The van der Waals surface area contributed by atoms with E-state index in [2.05, 4.69) is 5.10 Å². The molecule has 1 fully saturated rings. The van der Waals surface area contributed by atoms with E-state index in [0.717, 1.165) is 0 Å². The molecule has 1 aliphatic rings. The quantitative estimate of drug-likeness (QED) is 0.857. The van der Waals surface area contributed by atoms with E-state index in [1.807, 2.05) is 11.9 Å². The molecule has 17 heavy (non-hydrogen) atoms. The van der Waals surface area contributed by atoms with E-state index in [1.165, 1.54) is 17.5 Å². The van der Waals surface area contributed by atoms with Gasteiger partial charge in [0.2, 0.25) is 0 Å². The van der Waals surface area contributed by atoms with Crippen LogP contribution in [0.3, 0.4) is 0 Å². The van der Waals surface area contributed by atoms with Gasteiger partial charge in [-0.1, -0.05) is 11.6 Å². The maximum Gasteiger partial charge on any atom is 0.287 e. The molecule has 1 heterocycles. The van der Waals surface area contributed by atoms with Crippen molar-refractivity contribution in [1.29, 1.82) is 0 Å². The van der Waals surface area contributed by atoms with Crippen LogP contribution in [0.25, 0.3) is 0 Å². The van der Waals surface area contributed by atoms with Crippen molar-refractivity contribution in [3.05, 3.63) is 21.6 Å². The van der Waals surface area contributed by atoms with Crippen LogP contribution in [0.15, 0.2) is 11.0 Å². The smallest absolute Gasteiger partial charge is 0.287 e. The van der Waals surface area contributed by atoms with Crippen molar-refractivity contribution >= 4 is 17.3 Å². The maximum absolute atomic E-state index is 11.7. The molecule has 0 amide bonds. The zero-order valence-electron chi connectivity index (χ0n) is 10.1. The fraction of sp³-hybridized carbons (Fsp3) is 0.636. The molecule has 2 N–H and O–H groups in total. The summed E-state index contributed by atoms with van der Waals surface area (Å²) < 4.78 is 1.23. The maximum atomic E-state index is 11.7. The lowest BCUT2D eigenvalue weighted by molar-refractivity contribution is 0.567. The normalized spacial score (nSPS) is 16.9. The molecular formula is C11H17ClN4O. The van der Waals surface area contributed by atoms with Crippen LogP contribution in [0.5, 0.6) is 0 Å². The van der Waals surface area contributed by atoms with Gasteiger partial charge in [0.1, 0.15) is 5.02 Å². The third-order valence-corrected chi connectivity index (χ3v) is 3.70. The summed E-state index contributed by atoms with van der Waals surface area (Å²) in [5, 5.41) is 4.21. The molecule has 0 bridgehead atoms. The average Bonchev–Trinajstić information content (AvgIpc) is 3.11. The van der Waals surface area contributed by atoms with Gasteiger partial charge < -0.3 is 10.6 Å². The largest absolute Gasteiger partial charge is 0.367 e. The Bertz CT molecular complexity index is 469. The summed E-state index contributed by atoms with van der Waals surface area (Å²) in [7, 11) is 3.50. The first-order valence-corrected chi connectivity index (χ1v) is 6.08. The first-order chi connectivity index (χ1) is 8.06. The molecule has 1 saturated carbocycles. The van der Waals surface area contributed by atoms with Crippen LogP contribution in [-0.2, 0) is 7.05 Å². The van der Waals surface area contributed by atoms with Gasteiger partial charge >= 0.3 is 0 Å². The lowest BCUT2D eigenvalue weighted by atomic mass is 10.1. The van der Waals surface area contributed by atoms with E-state index >= 15 is 0 Å². The van der Waals surface area contributed by atoms with Gasteiger partial charge in [-0.15, -0.1) is 0 Å². The van der Waals surface area contributed by atoms with E-state index < -0.39 is 0 Å². The van der Waals surface area contributed by atoms with Crippen LogP contribution in [0.1, 0.15) is 12.8 Å². The molecule has 1 unspecified atom stereocenters. The summed E-state index contributed by atoms with van der Waals surface area (Å²) in [4.78, 5) is 13.7. The third-order valence-electron chi connectivity index (χ3n) is 3.34. The molecule has 1 aromatic rings. The lowest BCUT2D eigenvalue weighted by Gasteiger charge is -2.29. The van der Waals surface area contributed by atoms with E-state index in [9.17, 15) is 4.79 Å². The molecule has 1 aliphatic carbocycles. The summed E-state index contributed by atoms with van der Waals surface area (Å²) in [6.45, 7) is 0.562. The van der Waals surface area contributed by atoms with Crippen molar-refractivity contribution in [3.8, 4) is 0 Å². The number of aromatic nitrogens is 2. The van der Waals surface area contributed by atoms with E-state index in [-0.39, 0.29) is 16.6 Å². The summed E-state index contributed by atoms with van der Waals surface area (Å²) >= 11 is 6.06. The zero-order valence-corrected chi connectivity index (χ0v) is 10.8. The molecule has 1 atom stereocenters. The highest BCUT2D eigenvalue weighted by Gasteiger charge is 2.34. The second kappa shape index (κ2) is 4.66. The van der Waals surface area contributed by atoms with Crippen molar-refractivity contribution < 1.29 is 0 Å². The van der Waals surface area contributed by atoms with Crippen molar-refractivity contribution in [1.82, 2.24) is 9.78 Å². The van der Waals surface area contributed by atoms with Crippen LogP contribution < -0.4 is 16.2 Å². The average molecular weight is 257 g/mol. The highest BCUT2D eigenvalue weighted by atomic mass is 35.5.